The Morgan fingerprint density at radius 2 is 2.08 bits per heavy atom. The van der Waals surface area contributed by atoms with E-state index in [-0.39, 0.29) is 11.3 Å². The number of nitrogens with one attached hydrogen (secondary N) is 1. The largest absolute Gasteiger partial charge is 0.356 e. The number of hydrogen-bond acceptors (Lipinski definition) is 5. The molecule has 2 aromatic heterocycles. The zero-order valence-electron chi connectivity index (χ0n) is 14.5. The predicted octanol–water partition coefficient (Wildman–Crippen LogP) is 3.16. The second-order valence-corrected chi connectivity index (χ2v) is 7.83. The van der Waals surface area contributed by atoms with Crippen LogP contribution in [0.5, 0.6) is 0 Å². The average molecular weight is 359 g/mol. The molecule has 6 heteroatoms. The fourth-order valence-electron chi connectivity index (χ4n) is 3.52. The van der Waals surface area contributed by atoms with E-state index in [4.69, 9.17) is 5.73 Å². The van der Waals surface area contributed by atoms with Crippen LogP contribution in [0.15, 0.2) is 29.8 Å². The van der Waals surface area contributed by atoms with Crippen LogP contribution in [0, 0.1) is 5.41 Å². The highest BCUT2D eigenvalue weighted by Gasteiger charge is 2.32. The summed E-state index contributed by atoms with van der Waals surface area (Å²) in [4.78, 5) is 21.2. The van der Waals surface area contributed by atoms with E-state index in [2.05, 4.69) is 15.3 Å². The summed E-state index contributed by atoms with van der Waals surface area (Å²) < 4.78 is 0. The van der Waals surface area contributed by atoms with Crippen molar-refractivity contribution in [3.05, 3.63) is 34.8 Å². The molecule has 0 aromatic carbocycles. The number of amides is 1. The Morgan fingerprint density at radius 1 is 1.24 bits per heavy atom. The van der Waals surface area contributed by atoms with Gasteiger partial charge in [-0.3, -0.25) is 9.78 Å². The standard InChI is InChI=1S/C19H26N4OS/c20-14-19(8-3-1-4-9-19)12-17(24)22-11-7-18-23-16(13-25-18)15-6-2-5-10-21-15/h2,5-6,10,13H,1,3-4,7-9,11-12,14,20H2,(H,22,24). The van der Waals surface area contributed by atoms with Crippen LogP contribution in [0.3, 0.4) is 0 Å². The number of pyridine rings is 1. The summed E-state index contributed by atoms with van der Waals surface area (Å²) in [5.74, 6) is 0.119. The molecule has 0 radical (unpaired) electrons. The first-order valence-electron chi connectivity index (χ1n) is 9.03. The number of thiazole rings is 1. The van der Waals surface area contributed by atoms with Gasteiger partial charge in [-0.25, -0.2) is 4.98 Å². The molecule has 3 rings (SSSR count). The minimum atomic E-state index is 0.0235. The normalized spacial score (nSPS) is 16.5. The van der Waals surface area contributed by atoms with Gasteiger partial charge in [0.15, 0.2) is 0 Å². The first-order valence-corrected chi connectivity index (χ1v) is 9.91. The molecule has 1 saturated carbocycles. The first-order chi connectivity index (χ1) is 12.2. The number of carbonyl (C=O) groups is 1. The highest BCUT2D eigenvalue weighted by atomic mass is 32.1. The summed E-state index contributed by atoms with van der Waals surface area (Å²) in [5.41, 5.74) is 7.78. The Morgan fingerprint density at radius 3 is 2.80 bits per heavy atom. The van der Waals surface area contributed by atoms with Crippen molar-refractivity contribution in [3.8, 4) is 11.4 Å². The minimum Gasteiger partial charge on any atom is -0.356 e. The molecule has 134 valence electrons. The summed E-state index contributed by atoms with van der Waals surface area (Å²) in [6, 6.07) is 5.81. The minimum absolute atomic E-state index is 0.0235. The Kier molecular flexibility index (Phi) is 6.15. The third-order valence-corrected chi connectivity index (χ3v) is 5.93. The fraction of sp³-hybridized carbons (Fsp3) is 0.526. The Balaban J connectivity index is 1.46. The molecule has 25 heavy (non-hydrogen) atoms. The third-order valence-electron chi connectivity index (χ3n) is 5.02. The van der Waals surface area contributed by atoms with E-state index in [1.165, 1.54) is 19.3 Å². The SMILES string of the molecule is NCC1(CC(=O)NCCc2nc(-c3ccccn3)cs2)CCCCC1. The molecule has 1 aliphatic rings. The fourth-order valence-corrected chi connectivity index (χ4v) is 4.32. The van der Waals surface area contributed by atoms with E-state index >= 15 is 0 Å². The van der Waals surface area contributed by atoms with Crippen molar-refractivity contribution in [1.29, 1.82) is 0 Å². The van der Waals surface area contributed by atoms with Gasteiger partial charge in [0.1, 0.15) is 0 Å². The molecule has 3 N–H and O–H groups in total. The molecular weight excluding hydrogens is 332 g/mol. The number of nitrogens with two attached hydrogens (primary N) is 1. The zero-order chi connectivity index (χ0) is 17.5. The number of aromatic nitrogens is 2. The van der Waals surface area contributed by atoms with Crippen molar-refractivity contribution in [2.24, 2.45) is 11.1 Å². The van der Waals surface area contributed by atoms with Crippen LogP contribution >= 0.6 is 11.3 Å². The number of nitrogens with zero attached hydrogens (tertiary/aromatic N) is 2. The van der Waals surface area contributed by atoms with Crippen molar-refractivity contribution in [3.63, 3.8) is 0 Å². The van der Waals surface area contributed by atoms with Crippen LogP contribution in [0.25, 0.3) is 11.4 Å². The van der Waals surface area contributed by atoms with Crippen molar-refractivity contribution < 1.29 is 4.79 Å². The van der Waals surface area contributed by atoms with Crippen molar-refractivity contribution in [2.75, 3.05) is 13.1 Å². The molecule has 0 unspecified atom stereocenters. The molecule has 0 spiro atoms. The van der Waals surface area contributed by atoms with Crippen LogP contribution in [-0.4, -0.2) is 29.0 Å². The van der Waals surface area contributed by atoms with Crippen LogP contribution in [0.2, 0.25) is 0 Å². The molecule has 0 atom stereocenters. The number of rotatable bonds is 7. The zero-order valence-corrected chi connectivity index (χ0v) is 15.4. The van der Waals surface area contributed by atoms with Crippen molar-refractivity contribution in [2.45, 2.75) is 44.9 Å². The molecule has 1 aliphatic carbocycles. The van der Waals surface area contributed by atoms with Gasteiger partial charge in [-0.2, -0.15) is 0 Å². The number of carbonyl (C=O) groups excluding carboxylic acids is 1. The highest BCUT2D eigenvalue weighted by molar-refractivity contribution is 7.09. The Hall–Kier alpha value is -1.79. The molecule has 5 nitrogen and oxygen atoms in total. The Labute approximate surface area is 153 Å². The van der Waals surface area contributed by atoms with Gasteiger partial charge in [-0.05, 0) is 36.9 Å². The van der Waals surface area contributed by atoms with E-state index in [0.717, 1.165) is 35.7 Å². The second kappa shape index (κ2) is 8.54. The molecular formula is C19H26N4OS. The van der Waals surface area contributed by atoms with E-state index in [0.29, 0.717) is 19.5 Å². The lowest BCUT2D eigenvalue weighted by atomic mass is 9.71. The van der Waals surface area contributed by atoms with Gasteiger partial charge in [-0.15, -0.1) is 11.3 Å². The second-order valence-electron chi connectivity index (χ2n) is 6.88. The van der Waals surface area contributed by atoms with Crippen molar-refractivity contribution in [1.82, 2.24) is 15.3 Å². The smallest absolute Gasteiger partial charge is 0.220 e. The van der Waals surface area contributed by atoms with Gasteiger partial charge in [0.2, 0.25) is 5.91 Å². The lowest BCUT2D eigenvalue weighted by Crippen LogP contribution is -2.39. The molecule has 1 fully saturated rings. The summed E-state index contributed by atoms with van der Waals surface area (Å²) in [6.07, 6.45) is 8.89. The van der Waals surface area contributed by atoms with Crippen LogP contribution in [0.4, 0.5) is 0 Å². The van der Waals surface area contributed by atoms with E-state index in [9.17, 15) is 4.79 Å². The van der Waals surface area contributed by atoms with Gasteiger partial charge in [0.05, 0.1) is 16.4 Å². The molecule has 0 saturated heterocycles. The summed E-state index contributed by atoms with van der Waals surface area (Å²) in [6.45, 7) is 1.23. The maximum Gasteiger partial charge on any atom is 0.220 e. The topological polar surface area (TPSA) is 80.9 Å². The summed E-state index contributed by atoms with van der Waals surface area (Å²) in [7, 11) is 0. The van der Waals surface area contributed by atoms with Crippen molar-refractivity contribution >= 4 is 17.2 Å². The predicted molar refractivity (Wildman–Crippen MR) is 101 cm³/mol. The van der Waals surface area contributed by atoms with Crippen LogP contribution in [0.1, 0.15) is 43.5 Å². The molecule has 2 heterocycles. The molecule has 1 amide bonds. The maximum absolute atomic E-state index is 12.3. The quantitative estimate of drug-likeness (QED) is 0.796. The Bertz CT molecular complexity index is 680. The van der Waals surface area contributed by atoms with E-state index in [1.807, 2.05) is 23.6 Å². The number of hydrogen-bond donors (Lipinski definition) is 2. The van der Waals surface area contributed by atoms with Gasteiger partial charge in [0, 0.05) is 31.0 Å². The van der Waals surface area contributed by atoms with Gasteiger partial charge in [-0.1, -0.05) is 25.3 Å². The third kappa shape index (κ3) is 4.86. The van der Waals surface area contributed by atoms with Gasteiger partial charge >= 0.3 is 0 Å². The van der Waals surface area contributed by atoms with Crippen LogP contribution < -0.4 is 11.1 Å². The molecule has 0 aliphatic heterocycles. The van der Waals surface area contributed by atoms with E-state index in [1.54, 1.807) is 17.5 Å². The highest BCUT2D eigenvalue weighted by Crippen LogP contribution is 2.38. The lowest BCUT2D eigenvalue weighted by molar-refractivity contribution is -0.123. The molecule has 0 bridgehead atoms. The average Bonchev–Trinajstić information content (AvgIpc) is 3.12. The molecule has 2 aromatic rings. The van der Waals surface area contributed by atoms with Crippen LogP contribution in [-0.2, 0) is 11.2 Å². The monoisotopic (exact) mass is 358 g/mol. The first kappa shape index (κ1) is 18.0. The van der Waals surface area contributed by atoms with Gasteiger partial charge in [0.25, 0.3) is 0 Å². The summed E-state index contributed by atoms with van der Waals surface area (Å²) >= 11 is 1.61. The summed E-state index contributed by atoms with van der Waals surface area (Å²) in [5, 5.41) is 6.08. The maximum atomic E-state index is 12.3. The lowest BCUT2D eigenvalue weighted by Gasteiger charge is -2.35. The van der Waals surface area contributed by atoms with Gasteiger partial charge < -0.3 is 11.1 Å². The van der Waals surface area contributed by atoms with E-state index < -0.39 is 0 Å².